The van der Waals surface area contributed by atoms with Crippen molar-refractivity contribution in [2.45, 2.75) is 57.5 Å². The van der Waals surface area contributed by atoms with Gasteiger partial charge in [-0.25, -0.2) is 0 Å². The molecule has 2 aliphatic carbocycles. The molecule has 0 bridgehead atoms. The third-order valence-corrected chi connectivity index (χ3v) is 6.00. The van der Waals surface area contributed by atoms with Crippen molar-refractivity contribution in [1.82, 2.24) is 0 Å². The van der Waals surface area contributed by atoms with E-state index in [2.05, 4.69) is 13.5 Å². The number of aliphatic hydroxyl groups excluding tert-OH is 2. The summed E-state index contributed by atoms with van der Waals surface area (Å²) >= 11 is 0. The molecule has 0 saturated heterocycles. The van der Waals surface area contributed by atoms with E-state index in [0.29, 0.717) is 5.56 Å². The smallest absolute Gasteiger partial charge is 0.122 e. The van der Waals surface area contributed by atoms with Gasteiger partial charge >= 0.3 is 0 Å². The van der Waals surface area contributed by atoms with E-state index in [1.165, 1.54) is 5.56 Å². The molecule has 0 aliphatic heterocycles. The molecule has 0 fully saturated rings. The predicted molar refractivity (Wildman–Crippen MR) is 87.1 cm³/mol. The number of phenols is 1. The van der Waals surface area contributed by atoms with E-state index in [1.54, 1.807) is 12.1 Å². The van der Waals surface area contributed by atoms with Crippen molar-refractivity contribution in [3.63, 3.8) is 0 Å². The van der Waals surface area contributed by atoms with Crippen LogP contribution in [0.5, 0.6) is 5.75 Å². The Balaban J connectivity index is 2.21. The van der Waals surface area contributed by atoms with Gasteiger partial charge in [0.1, 0.15) is 5.75 Å². The molecule has 2 aliphatic rings. The molecule has 0 saturated carbocycles. The van der Waals surface area contributed by atoms with E-state index >= 15 is 0 Å². The highest BCUT2D eigenvalue weighted by atomic mass is 16.3. The highest BCUT2D eigenvalue weighted by molar-refractivity contribution is 5.55. The van der Waals surface area contributed by atoms with Crippen LogP contribution in [0.3, 0.4) is 0 Å². The first-order valence-corrected chi connectivity index (χ1v) is 8.17. The predicted octanol–water partition coefficient (Wildman–Crippen LogP) is 3.15. The van der Waals surface area contributed by atoms with Crippen LogP contribution in [-0.4, -0.2) is 21.9 Å². The van der Waals surface area contributed by atoms with Gasteiger partial charge in [0.2, 0.25) is 0 Å². The summed E-state index contributed by atoms with van der Waals surface area (Å²) in [5.41, 5.74) is 3.39. The topological polar surface area (TPSA) is 60.7 Å². The molecule has 120 valence electrons. The van der Waals surface area contributed by atoms with E-state index in [9.17, 15) is 15.3 Å². The Morgan fingerprint density at radius 2 is 2.00 bits per heavy atom. The Morgan fingerprint density at radius 1 is 1.27 bits per heavy atom. The number of hydrogen-bond acceptors (Lipinski definition) is 3. The number of aliphatic hydroxyl groups is 2. The number of aromatic hydroxyl groups is 1. The number of hydrogen-bond donors (Lipinski definition) is 3. The number of fused-ring (bicyclic) bond motifs is 3. The SMILES string of the molecule is C=C[C@@]1(C)CCc2c3c(cc(O)c2[C@H]1O)[C@](C)(CO)CCC3. The van der Waals surface area contributed by atoms with Crippen LogP contribution in [0.2, 0.25) is 0 Å². The lowest BCUT2D eigenvalue weighted by molar-refractivity contribution is 0.0520. The summed E-state index contributed by atoms with van der Waals surface area (Å²) in [7, 11) is 0. The second-order valence-electron chi connectivity index (χ2n) is 7.50. The van der Waals surface area contributed by atoms with Gasteiger partial charge in [0.25, 0.3) is 0 Å². The van der Waals surface area contributed by atoms with Gasteiger partial charge < -0.3 is 15.3 Å². The van der Waals surface area contributed by atoms with E-state index in [1.807, 2.05) is 6.92 Å². The molecular weight excluding hydrogens is 276 g/mol. The summed E-state index contributed by atoms with van der Waals surface area (Å²) in [4.78, 5) is 0. The molecule has 3 atom stereocenters. The molecular formula is C19H26O3. The molecule has 0 spiro atoms. The first-order valence-electron chi connectivity index (χ1n) is 8.17. The maximum atomic E-state index is 10.8. The third kappa shape index (κ3) is 2.03. The molecule has 3 nitrogen and oxygen atoms in total. The van der Waals surface area contributed by atoms with E-state index in [-0.39, 0.29) is 17.8 Å². The molecule has 0 radical (unpaired) electrons. The van der Waals surface area contributed by atoms with Gasteiger partial charge in [0.05, 0.1) is 12.7 Å². The minimum Gasteiger partial charge on any atom is -0.508 e. The van der Waals surface area contributed by atoms with Crippen LogP contribution in [0.1, 0.15) is 61.5 Å². The minimum atomic E-state index is -0.721. The van der Waals surface area contributed by atoms with Crippen LogP contribution in [0, 0.1) is 5.41 Å². The number of rotatable bonds is 2. The van der Waals surface area contributed by atoms with Crippen LogP contribution < -0.4 is 0 Å². The van der Waals surface area contributed by atoms with Gasteiger partial charge in [-0.2, -0.15) is 0 Å². The van der Waals surface area contributed by atoms with Gasteiger partial charge in [-0.15, -0.1) is 6.58 Å². The summed E-state index contributed by atoms with van der Waals surface area (Å²) in [5.74, 6) is 0.163. The zero-order valence-electron chi connectivity index (χ0n) is 13.5. The summed E-state index contributed by atoms with van der Waals surface area (Å²) < 4.78 is 0. The number of benzene rings is 1. The van der Waals surface area contributed by atoms with Crippen LogP contribution in [0.4, 0.5) is 0 Å². The Bertz CT molecular complexity index is 622. The van der Waals surface area contributed by atoms with E-state index in [4.69, 9.17) is 0 Å². The average Bonchev–Trinajstić information content (AvgIpc) is 2.51. The molecule has 0 heterocycles. The maximum absolute atomic E-state index is 10.8. The fraction of sp³-hybridized carbons (Fsp3) is 0.579. The molecule has 0 aromatic heterocycles. The normalized spacial score (nSPS) is 33.9. The monoisotopic (exact) mass is 302 g/mol. The molecule has 0 amide bonds. The van der Waals surface area contributed by atoms with Gasteiger partial charge in [-0.3, -0.25) is 0 Å². The fourth-order valence-electron chi connectivity index (χ4n) is 4.22. The van der Waals surface area contributed by atoms with E-state index < -0.39 is 11.5 Å². The molecule has 1 aromatic rings. The lowest BCUT2D eigenvalue weighted by Gasteiger charge is -2.42. The first kappa shape index (κ1) is 15.6. The largest absolute Gasteiger partial charge is 0.508 e. The van der Waals surface area contributed by atoms with Crippen LogP contribution in [0.25, 0.3) is 0 Å². The summed E-state index contributed by atoms with van der Waals surface area (Å²) in [6, 6.07) is 1.78. The molecule has 3 N–H and O–H groups in total. The van der Waals surface area contributed by atoms with Gasteiger partial charge in [-0.05, 0) is 54.9 Å². The van der Waals surface area contributed by atoms with Crippen molar-refractivity contribution in [2.75, 3.05) is 6.61 Å². The summed E-state index contributed by atoms with van der Waals surface area (Å²) in [5, 5.41) is 31.2. The maximum Gasteiger partial charge on any atom is 0.122 e. The Hall–Kier alpha value is -1.32. The molecule has 1 aromatic carbocycles. The molecule has 3 rings (SSSR count). The quantitative estimate of drug-likeness (QED) is 0.736. The molecule has 3 heteroatoms. The molecule has 0 unspecified atom stereocenters. The van der Waals surface area contributed by atoms with Crippen molar-refractivity contribution < 1.29 is 15.3 Å². The van der Waals surface area contributed by atoms with Crippen LogP contribution in [0.15, 0.2) is 18.7 Å². The van der Waals surface area contributed by atoms with Crippen molar-refractivity contribution >= 4 is 0 Å². The minimum absolute atomic E-state index is 0.0884. The summed E-state index contributed by atoms with van der Waals surface area (Å²) in [6.07, 6.45) is 5.69. The van der Waals surface area contributed by atoms with Crippen molar-refractivity contribution in [1.29, 1.82) is 0 Å². The first-order chi connectivity index (χ1) is 10.4. The third-order valence-electron chi connectivity index (χ3n) is 6.00. The van der Waals surface area contributed by atoms with Crippen molar-refractivity contribution in [3.8, 4) is 5.75 Å². The Morgan fingerprint density at radius 3 is 2.64 bits per heavy atom. The molecule has 22 heavy (non-hydrogen) atoms. The van der Waals surface area contributed by atoms with Gasteiger partial charge in [-0.1, -0.05) is 19.9 Å². The van der Waals surface area contributed by atoms with Crippen molar-refractivity contribution in [3.05, 3.63) is 41.0 Å². The van der Waals surface area contributed by atoms with Crippen molar-refractivity contribution in [2.24, 2.45) is 5.41 Å². The van der Waals surface area contributed by atoms with Gasteiger partial charge in [0, 0.05) is 16.4 Å². The van der Waals surface area contributed by atoms with Crippen LogP contribution >= 0.6 is 0 Å². The van der Waals surface area contributed by atoms with E-state index in [0.717, 1.165) is 43.2 Å². The Kier molecular flexibility index (Phi) is 3.61. The zero-order valence-corrected chi connectivity index (χ0v) is 13.5. The fourth-order valence-corrected chi connectivity index (χ4v) is 4.22. The van der Waals surface area contributed by atoms with Gasteiger partial charge in [0.15, 0.2) is 0 Å². The Labute approximate surface area is 132 Å². The second kappa shape index (κ2) is 5.10. The zero-order chi connectivity index (χ0) is 16.1. The highest BCUT2D eigenvalue weighted by Crippen LogP contribution is 2.51. The number of phenolic OH excluding ortho intramolecular Hbond substituents is 1. The lowest BCUT2D eigenvalue weighted by Crippen LogP contribution is -2.35. The second-order valence-corrected chi connectivity index (χ2v) is 7.50. The lowest BCUT2D eigenvalue weighted by atomic mass is 9.64. The van der Waals surface area contributed by atoms with Crippen LogP contribution in [-0.2, 0) is 18.3 Å². The average molecular weight is 302 g/mol. The highest BCUT2D eigenvalue weighted by Gasteiger charge is 2.42. The summed E-state index contributed by atoms with van der Waals surface area (Å²) in [6.45, 7) is 8.00. The standard InChI is InChI=1S/C19H26O3/c1-4-18(2)9-7-13-12-6-5-8-19(3,11-20)14(12)10-15(21)16(13)17(18)22/h4,10,17,20-22H,1,5-9,11H2,2-3H3/t17-,18+,19+/m1/s1.